The number of nitrogens with two attached hydrogens (primary N) is 1. The van der Waals surface area contributed by atoms with E-state index in [1.165, 1.54) is 12.1 Å². The van der Waals surface area contributed by atoms with Gasteiger partial charge in [-0.3, -0.25) is 4.90 Å². The summed E-state index contributed by atoms with van der Waals surface area (Å²) in [7, 11) is 0. The lowest BCUT2D eigenvalue weighted by Crippen LogP contribution is -2.29. The van der Waals surface area contributed by atoms with E-state index < -0.39 is 5.60 Å². The summed E-state index contributed by atoms with van der Waals surface area (Å²) < 4.78 is 13.3. The van der Waals surface area contributed by atoms with E-state index in [0.29, 0.717) is 18.7 Å². The van der Waals surface area contributed by atoms with Crippen molar-refractivity contribution in [3.8, 4) is 11.8 Å². The van der Waals surface area contributed by atoms with Crippen molar-refractivity contribution in [1.82, 2.24) is 4.90 Å². The second-order valence-electron chi connectivity index (χ2n) is 5.26. The molecule has 0 radical (unpaired) electrons. The third kappa shape index (κ3) is 3.77. The number of hydrogen-bond acceptors (Lipinski definition) is 3. The van der Waals surface area contributed by atoms with Crippen LogP contribution in [0.2, 0.25) is 0 Å². The molecule has 0 bridgehead atoms. The fourth-order valence-corrected chi connectivity index (χ4v) is 2.36. The molecule has 1 aliphatic rings. The van der Waals surface area contributed by atoms with Gasteiger partial charge in [0.2, 0.25) is 0 Å². The highest BCUT2D eigenvalue weighted by Crippen LogP contribution is 2.23. The van der Waals surface area contributed by atoms with Crippen LogP contribution in [0.1, 0.15) is 24.5 Å². The van der Waals surface area contributed by atoms with Crippen LogP contribution in [0.15, 0.2) is 18.2 Å². The highest BCUT2D eigenvalue weighted by Gasteiger charge is 2.31. The first-order valence-electron chi connectivity index (χ1n) is 6.42. The van der Waals surface area contributed by atoms with Crippen molar-refractivity contribution in [2.24, 2.45) is 5.73 Å². The average Bonchev–Trinajstić information content (AvgIpc) is 2.69. The van der Waals surface area contributed by atoms with Crippen molar-refractivity contribution in [2.45, 2.75) is 25.5 Å². The van der Waals surface area contributed by atoms with E-state index in [0.717, 1.165) is 18.5 Å². The van der Waals surface area contributed by atoms with Crippen LogP contribution in [0, 0.1) is 17.7 Å². The van der Waals surface area contributed by atoms with Gasteiger partial charge in [-0.25, -0.2) is 4.39 Å². The zero-order valence-electron chi connectivity index (χ0n) is 11.1. The molecular weight excluding hydrogens is 243 g/mol. The van der Waals surface area contributed by atoms with Gasteiger partial charge in [-0.1, -0.05) is 17.9 Å². The fourth-order valence-electron chi connectivity index (χ4n) is 2.36. The first kappa shape index (κ1) is 14.0. The molecular formula is C15H19FN2O. The van der Waals surface area contributed by atoms with E-state index in [4.69, 9.17) is 5.73 Å². The molecule has 0 aliphatic carbocycles. The molecule has 1 aliphatic heterocycles. The molecule has 1 unspecified atom stereocenters. The van der Waals surface area contributed by atoms with Crippen molar-refractivity contribution in [2.75, 3.05) is 19.6 Å². The van der Waals surface area contributed by atoms with Gasteiger partial charge in [0.05, 0.1) is 12.1 Å². The molecule has 3 nitrogen and oxygen atoms in total. The number of rotatable bonds is 2. The normalized spacial score (nSPS) is 23.2. The van der Waals surface area contributed by atoms with Crippen LogP contribution < -0.4 is 5.73 Å². The van der Waals surface area contributed by atoms with Gasteiger partial charge in [0.25, 0.3) is 0 Å². The van der Waals surface area contributed by atoms with Gasteiger partial charge in [0, 0.05) is 25.2 Å². The quantitative estimate of drug-likeness (QED) is 0.785. The summed E-state index contributed by atoms with van der Waals surface area (Å²) in [5.74, 6) is 5.37. The highest BCUT2D eigenvalue weighted by molar-refractivity contribution is 5.42. The summed E-state index contributed by atoms with van der Waals surface area (Å²) in [6.07, 6.45) is 0.762. The monoisotopic (exact) mass is 262 g/mol. The van der Waals surface area contributed by atoms with Crippen LogP contribution in [-0.2, 0) is 6.54 Å². The summed E-state index contributed by atoms with van der Waals surface area (Å²) in [6, 6.07) is 4.63. The fraction of sp³-hybridized carbons (Fsp3) is 0.467. The van der Waals surface area contributed by atoms with Gasteiger partial charge >= 0.3 is 0 Å². The van der Waals surface area contributed by atoms with Gasteiger partial charge in [0.1, 0.15) is 5.82 Å². The van der Waals surface area contributed by atoms with Crippen molar-refractivity contribution < 1.29 is 9.50 Å². The summed E-state index contributed by atoms with van der Waals surface area (Å²) >= 11 is 0. The van der Waals surface area contributed by atoms with Crippen LogP contribution in [0.3, 0.4) is 0 Å². The van der Waals surface area contributed by atoms with Crippen LogP contribution in [-0.4, -0.2) is 35.2 Å². The second kappa shape index (κ2) is 5.70. The smallest absolute Gasteiger partial charge is 0.124 e. The Morgan fingerprint density at radius 3 is 2.95 bits per heavy atom. The largest absolute Gasteiger partial charge is 0.389 e. The molecule has 1 saturated heterocycles. The van der Waals surface area contributed by atoms with Gasteiger partial charge in [-0.05, 0) is 31.0 Å². The summed E-state index contributed by atoms with van der Waals surface area (Å²) in [4.78, 5) is 2.15. The Balaban J connectivity index is 2.16. The third-order valence-corrected chi connectivity index (χ3v) is 3.32. The number of hydrogen-bond donors (Lipinski definition) is 2. The first-order valence-corrected chi connectivity index (χ1v) is 6.42. The zero-order valence-corrected chi connectivity index (χ0v) is 11.1. The summed E-state index contributed by atoms with van der Waals surface area (Å²) in [6.45, 7) is 4.24. The van der Waals surface area contributed by atoms with E-state index in [9.17, 15) is 9.50 Å². The van der Waals surface area contributed by atoms with Gasteiger partial charge < -0.3 is 10.8 Å². The molecule has 19 heavy (non-hydrogen) atoms. The van der Waals surface area contributed by atoms with E-state index in [1.807, 2.05) is 6.92 Å². The Morgan fingerprint density at radius 2 is 2.32 bits per heavy atom. The number of benzene rings is 1. The van der Waals surface area contributed by atoms with Crippen molar-refractivity contribution in [3.05, 3.63) is 35.1 Å². The number of halogens is 1. The Morgan fingerprint density at radius 1 is 1.53 bits per heavy atom. The third-order valence-electron chi connectivity index (χ3n) is 3.32. The highest BCUT2D eigenvalue weighted by atomic mass is 19.1. The Bertz CT molecular complexity index is 517. The molecule has 1 aromatic carbocycles. The van der Waals surface area contributed by atoms with Crippen LogP contribution in [0.4, 0.5) is 4.39 Å². The Hall–Kier alpha value is -1.41. The molecule has 1 atom stereocenters. The van der Waals surface area contributed by atoms with E-state index in [1.54, 1.807) is 6.07 Å². The lowest BCUT2D eigenvalue weighted by atomic mass is 10.1. The number of aliphatic hydroxyl groups is 1. The molecule has 1 heterocycles. The predicted molar refractivity (Wildman–Crippen MR) is 72.9 cm³/mol. The SMILES string of the molecule is CC1(O)CCN(Cc2ccc(F)cc2C#CCN)C1. The maximum absolute atomic E-state index is 13.3. The molecule has 1 fully saturated rings. The summed E-state index contributed by atoms with van der Waals surface area (Å²) in [5, 5.41) is 9.95. The number of β-amino-alcohol motifs (C(OH)–C–C–N with tert-alkyl or cyclic N) is 1. The van der Waals surface area contributed by atoms with Gasteiger partial charge in [-0.2, -0.15) is 0 Å². The second-order valence-corrected chi connectivity index (χ2v) is 5.26. The minimum absolute atomic E-state index is 0.258. The van der Waals surface area contributed by atoms with E-state index >= 15 is 0 Å². The summed E-state index contributed by atoms with van der Waals surface area (Å²) in [5.41, 5.74) is 6.38. The maximum Gasteiger partial charge on any atom is 0.124 e. The Kier molecular flexibility index (Phi) is 4.20. The molecule has 1 aromatic rings. The topological polar surface area (TPSA) is 49.5 Å². The molecule has 0 saturated carbocycles. The average molecular weight is 262 g/mol. The lowest BCUT2D eigenvalue weighted by Gasteiger charge is -2.19. The van der Waals surface area contributed by atoms with E-state index in [-0.39, 0.29) is 12.4 Å². The molecule has 2 rings (SSSR count). The number of nitrogens with zero attached hydrogens (tertiary/aromatic N) is 1. The lowest BCUT2D eigenvalue weighted by molar-refractivity contribution is 0.0679. The molecule has 4 heteroatoms. The zero-order chi connectivity index (χ0) is 13.9. The minimum Gasteiger partial charge on any atom is -0.389 e. The number of likely N-dealkylation sites (tertiary alicyclic amines) is 1. The molecule has 102 valence electrons. The molecule has 0 amide bonds. The van der Waals surface area contributed by atoms with E-state index in [2.05, 4.69) is 16.7 Å². The molecule has 3 N–H and O–H groups in total. The first-order chi connectivity index (χ1) is 9.00. The van der Waals surface area contributed by atoms with Crippen LogP contribution in [0.25, 0.3) is 0 Å². The Labute approximate surface area is 113 Å². The van der Waals surface area contributed by atoms with Crippen molar-refractivity contribution in [1.29, 1.82) is 0 Å². The molecule has 0 spiro atoms. The maximum atomic E-state index is 13.3. The minimum atomic E-state index is -0.622. The predicted octanol–water partition coefficient (Wildman–Crippen LogP) is 1.09. The standard InChI is InChI=1S/C15H19FN2O/c1-15(19)6-8-18(11-15)10-13-4-5-14(16)9-12(13)3-2-7-17/h4-5,9,19H,6-8,10-11,17H2,1H3. The van der Waals surface area contributed by atoms with Crippen molar-refractivity contribution >= 4 is 0 Å². The van der Waals surface area contributed by atoms with Crippen molar-refractivity contribution in [3.63, 3.8) is 0 Å². The van der Waals surface area contributed by atoms with Gasteiger partial charge in [0.15, 0.2) is 0 Å². The van der Waals surface area contributed by atoms with Crippen LogP contribution in [0.5, 0.6) is 0 Å². The molecule has 0 aromatic heterocycles. The van der Waals surface area contributed by atoms with Crippen LogP contribution >= 0.6 is 0 Å². The van der Waals surface area contributed by atoms with Gasteiger partial charge in [-0.15, -0.1) is 0 Å².